The van der Waals surface area contributed by atoms with Gasteiger partial charge in [0, 0.05) is 37.6 Å². The van der Waals surface area contributed by atoms with E-state index in [2.05, 4.69) is 10.2 Å². The number of nitrogens with one attached hydrogen (secondary N) is 1. The van der Waals surface area contributed by atoms with Crippen LogP contribution < -0.4 is 10.2 Å². The van der Waals surface area contributed by atoms with Crippen molar-refractivity contribution in [3.05, 3.63) is 60.2 Å². The van der Waals surface area contributed by atoms with E-state index in [1.54, 1.807) is 0 Å². The molecular weight excluding hydrogens is 416 g/mol. The molecule has 7 nitrogen and oxygen atoms in total. The standard InChI is InChI=1S/C26H34N4O3/c1-28(25(21-8-4-2-5-9-21)26(32)30-14-6-3-7-15-30)20-24(31)27-22-10-12-23(13-11-22)29-16-18-33-19-17-29/h2,4-5,8-13,25H,3,6-7,14-20H2,1H3,(H,27,31). The summed E-state index contributed by atoms with van der Waals surface area (Å²) in [5.41, 5.74) is 2.80. The fourth-order valence-corrected chi connectivity index (χ4v) is 4.60. The first-order valence-corrected chi connectivity index (χ1v) is 11.9. The number of rotatable bonds is 7. The van der Waals surface area contributed by atoms with Crippen LogP contribution in [-0.4, -0.2) is 74.6 Å². The number of carbonyl (C=O) groups is 2. The molecule has 33 heavy (non-hydrogen) atoms. The van der Waals surface area contributed by atoms with Crippen LogP contribution in [-0.2, 0) is 14.3 Å². The van der Waals surface area contributed by atoms with Crippen molar-refractivity contribution in [1.29, 1.82) is 0 Å². The minimum Gasteiger partial charge on any atom is -0.378 e. The maximum Gasteiger partial charge on any atom is 0.244 e. The summed E-state index contributed by atoms with van der Waals surface area (Å²) < 4.78 is 5.41. The van der Waals surface area contributed by atoms with Gasteiger partial charge in [0.2, 0.25) is 11.8 Å². The maximum atomic E-state index is 13.4. The second kappa shape index (κ2) is 11.3. The van der Waals surface area contributed by atoms with Gasteiger partial charge in [-0.3, -0.25) is 14.5 Å². The molecule has 2 aliphatic heterocycles. The number of morpholine rings is 1. The summed E-state index contributed by atoms with van der Waals surface area (Å²) in [5.74, 6) is -0.0601. The molecule has 1 unspecified atom stereocenters. The van der Waals surface area contributed by atoms with Gasteiger partial charge >= 0.3 is 0 Å². The van der Waals surface area contributed by atoms with Gasteiger partial charge in [0.25, 0.3) is 0 Å². The Bertz CT molecular complexity index is 907. The third kappa shape index (κ3) is 6.12. The van der Waals surface area contributed by atoms with Gasteiger partial charge in [-0.15, -0.1) is 0 Å². The van der Waals surface area contributed by atoms with Crippen molar-refractivity contribution in [2.24, 2.45) is 0 Å². The first-order chi connectivity index (χ1) is 16.1. The molecule has 2 heterocycles. The zero-order valence-electron chi connectivity index (χ0n) is 19.4. The Morgan fingerprint density at radius 1 is 0.939 bits per heavy atom. The van der Waals surface area contributed by atoms with Crippen LogP contribution >= 0.6 is 0 Å². The number of ether oxygens (including phenoxy) is 1. The van der Waals surface area contributed by atoms with Gasteiger partial charge in [-0.2, -0.15) is 0 Å². The number of anilines is 2. The van der Waals surface area contributed by atoms with E-state index in [9.17, 15) is 9.59 Å². The normalized spacial score (nSPS) is 17.6. The van der Waals surface area contributed by atoms with E-state index in [-0.39, 0.29) is 18.4 Å². The lowest BCUT2D eigenvalue weighted by Gasteiger charge is -2.34. The van der Waals surface area contributed by atoms with Crippen molar-refractivity contribution in [2.45, 2.75) is 25.3 Å². The Balaban J connectivity index is 1.40. The molecule has 1 N–H and O–H groups in total. The van der Waals surface area contributed by atoms with Crippen LogP contribution in [0, 0.1) is 0 Å². The van der Waals surface area contributed by atoms with Crippen molar-refractivity contribution < 1.29 is 14.3 Å². The van der Waals surface area contributed by atoms with E-state index in [1.807, 2.05) is 71.4 Å². The maximum absolute atomic E-state index is 13.4. The number of piperidine rings is 1. The fourth-order valence-electron chi connectivity index (χ4n) is 4.60. The lowest BCUT2D eigenvalue weighted by molar-refractivity contribution is -0.138. The van der Waals surface area contributed by atoms with Crippen LogP contribution in [0.2, 0.25) is 0 Å². The van der Waals surface area contributed by atoms with E-state index >= 15 is 0 Å². The highest BCUT2D eigenvalue weighted by Gasteiger charge is 2.31. The lowest BCUT2D eigenvalue weighted by atomic mass is 10.0. The Morgan fingerprint density at radius 2 is 1.61 bits per heavy atom. The minimum absolute atomic E-state index is 0.0751. The van der Waals surface area contributed by atoms with E-state index in [0.29, 0.717) is 0 Å². The number of benzene rings is 2. The molecule has 2 saturated heterocycles. The van der Waals surface area contributed by atoms with Crippen LogP contribution in [0.4, 0.5) is 11.4 Å². The number of likely N-dealkylation sites (tertiary alicyclic amines) is 1. The monoisotopic (exact) mass is 450 g/mol. The Kier molecular flexibility index (Phi) is 7.96. The molecule has 0 bridgehead atoms. The highest BCUT2D eigenvalue weighted by Crippen LogP contribution is 2.24. The van der Waals surface area contributed by atoms with Gasteiger partial charge in [-0.05, 0) is 56.1 Å². The van der Waals surface area contributed by atoms with Crippen molar-refractivity contribution in [1.82, 2.24) is 9.80 Å². The first kappa shape index (κ1) is 23.3. The highest BCUT2D eigenvalue weighted by atomic mass is 16.5. The average molecular weight is 451 g/mol. The minimum atomic E-state index is -0.473. The van der Waals surface area contributed by atoms with Gasteiger partial charge in [0.1, 0.15) is 6.04 Å². The summed E-state index contributed by atoms with van der Waals surface area (Å²) >= 11 is 0. The van der Waals surface area contributed by atoms with Crippen molar-refractivity contribution >= 4 is 23.2 Å². The Labute approximate surface area is 196 Å². The Morgan fingerprint density at radius 3 is 2.27 bits per heavy atom. The summed E-state index contributed by atoms with van der Waals surface area (Å²) in [6, 6.07) is 17.2. The summed E-state index contributed by atoms with van der Waals surface area (Å²) in [5, 5.41) is 2.98. The molecule has 0 saturated carbocycles. The zero-order valence-corrected chi connectivity index (χ0v) is 19.4. The zero-order chi connectivity index (χ0) is 23.0. The molecule has 1 atom stereocenters. The third-order valence-corrected chi connectivity index (χ3v) is 6.38. The molecule has 2 fully saturated rings. The quantitative estimate of drug-likeness (QED) is 0.702. The van der Waals surface area contributed by atoms with Crippen molar-refractivity contribution in [3.63, 3.8) is 0 Å². The second-order valence-electron chi connectivity index (χ2n) is 8.81. The van der Waals surface area contributed by atoms with Gasteiger partial charge in [0.05, 0.1) is 19.8 Å². The third-order valence-electron chi connectivity index (χ3n) is 6.38. The topological polar surface area (TPSA) is 65.1 Å². The Hall–Kier alpha value is -2.90. The second-order valence-corrected chi connectivity index (χ2v) is 8.81. The molecule has 0 aromatic heterocycles. The van der Waals surface area contributed by atoms with Gasteiger partial charge < -0.3 is 19.9 Å². The molecule has 2 aliphatic rings. The van der Waals surface area contributed by atoms with Crippen LogP contribution in [0.5, 0.6) is 0 Å². The van der Waals surface area contributed by atoms with Gasteiger partial charge in [-0.25, -0.2) is 0 Å². The molecule has 2 amide bonds. The van der Waals surface area contributed by atoms with Crippen LogP contribution in [0.3, 0.4) is 0 Å². The fraction of sp³-hybridized carbons (Fsp3) is 0.462. The smallest absolute Gasteiger partial charge is 0.244 e. The largest absolute Gasteiger partial charge is 0.378 e. The average Bonchev–Trinajstić information content (AvgIpc) is 2.86. The predicted octanol–water partition coefficient (Wildman–Crippen LogP) is 3.15. The van der Waals surface area contributed by atoms with E-state index in [4.69, 9.17) is 4.74 Å². The summed E-state index contributed by atoms with van der Waals surface area (Å²) in [7, 11) is 1.85. The molecule has 0 aliphatic carbocycles. The molecule has 4 rings (SSSR count). The summed E-state index contributed by atoms with van der Waals surface area (Å²) in [6.45, 7) is 4.94. The number of hydrogen-bond donors (Lipinski definition) is 1. The van der Waals surface area contributed by atoms with Crippen LogP contribution in [0.1, 0.15) is 30.9 Å². The van der Waals surface area contributed by atoms with E-state index in [1.165, 1.54) is 6.42 Å². The summed E-state index contributed by atoms with van der Waals surface area (Å²) in [6.07, 6.45) is 3.25. The number of hydrogen-bond acceptors (Lipinski definition) is 5. The van der Waals surface area contributed by atoms with Crippen molar-refractivity contribution in [3.8, 4) is 0 Å². The van der Waals surface area contributed by atoms with Crippen molar-refractivity contribution in [2.75, 3.05) is 63.2 Å². The predicted molar refractivity (Wildman–Crippen MR) is 130 cm³/mol. The van der Waals surface area contributed by atoms with Gasteiger partial charge in [0.15, 0.2) is 0 Å². The molecule has 7 heteroatoms. The van der Waals surface area contributed by atoms with E-state index in [0.717, 1.165) is 69.2 Å². The first-order valence-electron chi connectivity index (χ1n) is 11.9. The highest BCUT2D eigenvalue weighted by molar-refractivity contribution is 5.93. The molecule has 2 aromatic carbocycles. The van der Waals surface area contributed by atoms with Crippen LogP contribution in [0.15, 0.2) is 54.6 Å². The number of carbonyl (C=O) groups excluding carboxylic acids is 2. The number of nitrogens with zero attached hydrogens (tertiary/aromatic N) is 3. The number of amides is 2. The number of likely N-dealkylation sites (N-methyl/N-ethyl adjacent to an activating group) is 1. The molecule has 176 valence electrons. The summed E-state index contributed by atoms with van der Waals surface area (Å²) in [4.78, 5) is 32.3. The molecular formula is C26H34N4O3. The van der Waals surface area contributed by atoms with Gasteiger partial charge in [-0.1, -0.05) is 30.3 Å². The molecule has 2 aromatic rings. The molecule has 0 radical (unpaired) electrons. The SMILES string of the molecule is CN(CC(=O)Nc1ccc(N2CCOCC2)cc1)C(C(=O)N1CCCCC1)c1ccccc1. The lowest BCUT2D eigenvalue weighted by Crippen LogP contribution is -2.45. The molecule has 0 spiro atoms. The van der Waals surface area contributed by atoms with Crippen LogP contribution in [0.25, 0.3) is 0 Å². The van der Waals surface area contributed by atoms with E-state index < -0.39 is 6.04 Å².